The van der Waals surface area contributed by atoms with Crippen LogP contribution >= 0.6 is 0 Å². The lowest BCUT2D eigenvalue weighted by atomic mass is 9.40. The van der Waals surface area contributed by atoms with Gasteiger partial charge in [0.25, 0.3) is 0 Å². The van der Waals surface area contributed by atoms with Crippen molar-refractivity contribution in [3.05, 3.63) is 0 Å². The first kappa shape index (κ1) is 14.0. The third-order valence-corrected chi connectivity index (χ3v) is 6.62. The average Bonchev–Trinajstić information content (AvgIpc) is 2.84. The number of rotatable bonds is 3. The molecule has 0 aromatic rings. The molecule has 0 aromatic carbocycles. The summed E-state index contributed by atoms with van der Waals surface area (Å²) in [5.41, 5.74) is 0.756. The lowest BCUT2D eigenvalue weighted by Gasteiger charge is -2.64. The SMILES string of the molecule is C[C@]12CC3CC(C(=O)NC[C@@H]4CCCO4)(C1)C[C@](C)(C3)C2. The zero-order valence-electron chi connectivity index (χ0n) is 13.5. The Labute approximate surface area is 128 Å². The largest absolute Gasteiger partial charge is 0.376 e. The summed E-state index contributed by atoms with van der Waals surface area (Å²) in [5.74, 6) is 1.12. The van der Waals surface area contributed by atoms with Gasteiger partial charge in [0.05, 0.1) is 11.5 Å². The van der Waals surface area contributed by atoms with Crippen LogP contribution in [-0.4, -0.2) is 25.2 Å². The molecule has 4 bridgehead atoms. The van der Waals surface area contributed by atoms with E-state index >= 15 is 0 Å². The molecule has 21 heavy (non-hydrogen) atoms. The van der Waals surface area contributed by atoms with E-state index in [2.05, 4.69) is 19.2 Å². The molecule has 5 rings (SSSR count). The van der Waals surface area contributed by atoms with Crippen LogP contribution in [0.25, 0.3) is 0 Å². The summed E-state index contributed by atoms with van der Waals surface area (Å²) >= 11 is 0. The average molecular weight is 291 g/mol. The van der Waals surface area contributed by atoms with Crippen molar-refractivity contribution in [3.8, 4) is 0 Å². The van der Waals surface area contributed by atoms with Crippen LogP contribution in [0.3, 0.4) is 0 Å². The number of amides is 1. The summed E-state index contributed by atoms with van der Waals surface area (Å²) in [7, 11) is 0. The smallest absolute Gasteiger partial charge is 0.226 e. The standard InChI is InChI=1S/C18H29NO2/c1-16-6-13-7-17(2,10-16)12-18(8-13,11-16)15(20)19-9-14-4-3-5-21-14/h13-14H,3-12H2,1-2H3,(H,19,20)/t13?,14-,16+,17+,18?/m0/s1. The van der Waals surface area contributed by atoms with E-state index in [0.717, 1.165) is 51.2 Å². The molecule has 4 aliphatic carbocycles. The summed E-state index contributed by atoms with van der Waals surface area (Å²) in [6, 6.07) is 0. The second-order valence-corrected chi connectivity index (χ2v) is 9.26. The molecule has 118 valence electrons. The number of ether oxygens (including phenoxy) is 1. The van der Waals surface area contributed by atoms with Crippen molar-refractivity contribution in [2.75, 3.05) is 13.2 Å². The fourth-order valence-electron chi connectivity index (χ4n) is 6.90. The molecule has 1 heterocycles. The minimum absolute atomic E-state index is 0.0679. The molecule has 0 aromatic heterocycles. The first-order valence-electron chi connectivity index (χ1n) is 8.81. The fraction of sp³-hybridized carbons (Fsp3) is 0.944. The van der Waals surface area contributed by atoms with Crippen LogP contribution in [-0.2, 0) is 9.53 Å². The molecular formula is C18H29NO2. The van der Waals surface area contributed by atoms with Gasteiger partial charge in [-0.3, -0.25) is 4.79 Å². The lowest BCUT2D eigenvalue weighted by Crippen LogP contribution is -2.60. The highest BCUT2D eigenvalue weighted by molar-refractivity contribution is 5.83. The first-order valence-corrected chi connectivity index (χ1v) is 8.81. The highest BCUT2D eigenvalue weighted by atomic mass is 16.5. The molecule has 3 heteroatoms. The monoisotopic (exact) mass is 291 g/mol. The fourth-order valence-corrected chi connectivity index (χ4v) is 6.90. The van der Waals surface area contributed by atoms with Crippen LogP contribution in [0.5, 0.6) is 0 Å². The van der Waals surface area contributed by atoms with Crippen LogP contribution in [0.1, 0.15) is 65.2 Å². The van der Waals surface area contributed by atoms with Crippen molar-refractivity contribution < 1.29 is 9.53 Å². The Hall–Kier alpha value is -0.570. The van der Waals surface area contributed by atoms with E-state index in [1.807, 2.05) is 0 Å². The Bertz CT molecular complexity index is 436. The van der Waals surface area contributed by atoms with Crippen molar-refractivity contribution in [2.24, 2.45) is 22.2 Å². The van der Waals surface area contributed by atoms with Gasteiger partial charge in [-0.1, -0.05) is 13.8 Å². The second kappa shape index (κ2) is 4.47. The minimum Gasteiger partial charge on any atom is -0.376 e. The van der Waals surface area contributed by atoms with Crippen LogP contribution < -0.4 is 5.32 Å². The molecule has 0 unspecified atom stereocenters. The summed E-state index contributed by atoms with van der Waals surface area (Å²) in [6.07, 6.45) is 9.90. The van der Waals surface area contributed by atoms with E-state index in [9.17, 15) is 4.79 Å². The molecule has 0 spiro atoms. The maximum absolute atomic E-state index is 13.0. The maximum Gasteiger partial charge on any atom is 0.226 e. The van der Waals surface area contributed by atoms with Gasteiger partial charge in [0, 0.05) is 13.2 Å². The zero-order chi connectivity index (χ0) is 14.7. The molecule has 5 fully saturated rings. The van der Waals surface area contributed by atoms with E-state index < -0.39 is 0 Å². The number of hydrogen-bond acceptors (Lipinski definition) is 2. The molecule has 1 N–H and O–H groups in total. The Morgan fingerprint density at radius 3 is 2.43 bits per heavy atom. The minimum atomic E-state index is -0.0679. The third-order valence-electron chi connectivity index (χ3n) is 6.62. The van der Waals surface area contributed by atoms with E-state index in [0.29, 0.717) is 16.7 Å². The number of carbonyl (C=O) groups is 1. The Morgan fingerprint density at radius 2 is 1.86 bits per heavy atom. The van der Waals surface area contributed by atoms with Crippen molar-refractivity contribution in [3.63, 3.8) is 0 Å². The van der Waals surface area contributed by atoms with Crippen LogP contribution in [0.4, 0.5) is 0 Å². The summed E-state index contributed by atoms with van der Waals surface area (Å²) in [5, 5.41) is 3.25. The van der Waals surface area contributed by atoms with Crippen LogP contribution in [0.15, 0.2) is 0 Å². The van der Waals surface area contributed by atoms with Crippen molar-refractivity contribution in [2.45, 2.75) is 71.3 Å². The normalized spacial score (nSPS) is 51.3. The predicted molar refractivity (Wildman–Crippen MR) is 81.8 cm³/mol. The van der Waals surface area contributed by atoms with Gasteiger partial charge in [-0.05, 0) is 68.1 Å². The number of hydrogen-bond donors (Lipinski definition) is 1. The van der Waals surface area contributed by atoms with Crippen molar-refractivity contribution >= 4 is 5.91 Å². The second-order valence-electron chi connectivity index (χ2n) is 9.26. The third kappa shape index (κ3) is 2.32. The molecule has 0 radical (unpaired) electrons. The van der Waals surface area contributed by atoms with E-state index in [-0.39, 0.29) is 11.5 Å². The summed E-state index contributed by atoms with van der Waals surface area (Å²) in [4.78, 5) is 13.0. The molecule has 3 atom stereocenters. The van der Waals surface area contributed by atoms with Gasteiger partial charge in [-0.2, -0.15) is 0 Å². The maximum atomic E-state index is 13.0. The highest BCUT2D eigenvalue weighted by Crippen LogP contribution is 2.69. The lowest BCUT2D eigenvalue weighted by molar-refractivity contribution is -0.170. The first-order chi connectivity index (χ1) is 9.91. The van der Waals surface area contributed by atoms with Gasteiger partial charge in [0.15, 0.2) is 0 Å². The zero-order valence-corrected chi connectivity index (χ0v) is 13.5. The Kier molecular flexibility index (Phi) is 2.99. The van der Waals surface area contributed by atoms with Gasteiger partial charge in [-0.15, -0.1) is 0 Å². The molecule has 1 amide bonds. The Balaban J connectivity index is 1.49. The number of nitrogens with one attached hydrogen (secondary N) is 1. The van der Waals surface area contributed by atoms with E-state index in [4.69, 9.17) is 4.74 Å². The van der Waals surface area contributed by atoms with Gasteiger partial charge < -0.3 is 10.1 Å². The predicted octanol–water partition coefficient (Wildman–Crippen LogP) is 3.28. The molecule has 5 aliphatic rings. The van der Waals surface area contributed by atoms with Gasteiger partial charge in [0.2, 0.25) is 5.91 Å². The van der Waals surface area contributed by atoms with E-state index in [1.54, 1.807) is 0 Å². The van der Waals surface area contributed by atoms with E-state index in [1.165, 1.54) is 19.3 Å². The quantitative estimate of drug-likeness (QED) is 0.866. The van der Waals surface area contributed by atoms with Crippen molar-refractivity contribution in [1.82, 2.24) is 5.32 Å². The van der Waals surface area contributed by atoms with Crippen LogP contribution in [0, 0.1) is 22.2 Å². The number of carbonyl (C=O) groups excluding carboxylic acids is 1. The summed E-state index contributed by atoms with van der Waals surface area (Å²) < 4.78 is 5.65. The van der Waals surface area contributed by atoms with Crippen molar-refractivity contribution in [1.29, 1.82) is 0 Å². The summed E-state index contributed by atoms with van der Waals surface area (Å²) in [6.45, 7) is 6.44. The Morgan fingerprint density at radius 1 is 1.14 bits per heavy atom. The molecule has 1 aliphatic heterocycles. The highest BCUT2D eigenvalue weighted by Gasteiger charge is 2.62. The van der Waals surface area contributed by atoms with Crippen LogP contribution in [0.2, 0.25) is 0 Å². The molecular weight excluding hydrogens is 262 g/mol. The molecule has 3 nitrogen and oxygen atoms in total. The molecule has 4 saturated carbocycles. The van der Waals surface area contributed by atoms with Gasteiger partial charge in [0.1, 0.15) is 0 Å². The van der Waals surface area contributed by atoms with Gasteiger partial charge >= 0.3 is 0 Å². The molecule has 1 saturated heterocycles. The van der Waals surface area contributed by atoms with Gasteiger partial charge in [-0.25, -0.2) is 0 Å². The topological polar surface area (TPSA) is 38.3 Å².